The molecule has 290 valence electrons. The molecule has 12 nitrogen and oxygen atoms in total. The molecule has 4 fully saturated rings. The molecule has 2 aromatic heterocycles. The average Bonchev–Trinajstić information content (AvgIpc) is 3.67. The van der Waals surface area contributed by atoms with E-state index >= 15 is 0 Å². The standard InChI is InChI=1S/C42H56N6O6/c1-23(2)31-26(49)18-42(46-36-48-47-34(54-36)33-44-21-24(20-43)22-45-33)17-16-40(8)25(32(31)42)10-11-28-39(7)14-13-29(53-30(50)19-37(3,4)35(51)52)38(5,6)27(39)12-15-41(28,40)9/h21-23,25,27-29H,10-19H2,1-9H3,(H,46,48)(H,51,52)/t25-,27+,28-,29+,39+,40-,41-,42-/m1/s1. The van der Waals surface area contributed by atoms with Gasteiger partial charge in [-0.1, -0.05) is 53.6 Å². The number of Topliss-reactive ketones (excluding diaryl/α,β-unsaturated/α-hetero) is 1. The fourth-order valence-electron chi connectivity index (χ4n) is 12.6. The summed E-state index contributed by atoms with van der Waals surface area (Å²) >= 11 is 0. The van der Waals surface area contributed by atoms with E-state index in [0.29, 0.717) is 23.8 Å². The van der Waals surface area contributed by atoms with Gasteiger partial charge < -0.3 is 19.6 Å². The summed E-state index contributed by atoms with van der Waals surface area (Å²) in [6.07, 6.45) is 10.3. The summed E-state index contributed by atoms with van der Waals surface area (Å²) in [5.74, 6) is 0.213. The summed E-state index contributed by atoms with van der Waals surface area (Å²) < 4.78 is 12.2. The average molecular weight is 741 g/mol. The number of rotatable bonds is 8. The Morgan fingerprint density at radius 3 is 2.35 bits per heavy atom. The molecule has 2 aromatic rings. The topological polar surface area (TPSA) is 181 Å². The predicted molar refractivity (Wildman–Crippen MR) is 199 cm³/mol. The van der Waals surface area contributed by atoms with Crippen molar-refractivity contribution in [2.75, 3.05) is 5.32 Å². The van der Waals surface area contributed by atoms with E-state index in [9.17, 15) is 19.5 Å². The van der Waals surface area contributed by atoms with E-state index in [2.05, 4.69) is 73.9 Å². The first-order valence-electron chi connectivity index (χ1n) is 19.8. The van der Waals surface area contributed by atoms with Crippen molar-refractivity contribution in [3.8, 4) is 17.8 Å². The van der Waals surface area contributed by atoms with Crippen LogP contribution in [0, 0.1) is 62.1 Å². The van der Waals surface area contributed by atoms with Crippen molar-refractivity contribution < 1.29 is 28.6 Å². The number of nitrogens with zero attached hydrogens (tertiary/aromatic N) is 5. The molecule has 0 radical (unpaired) electrons. The highest BCUT2D eigenvalue weighted by Gasteiger charge is 2.70. The quantitative estimate of drug-likeness (QED) is 0.250. The number of esters is 1. The van der Waals surface area contributed by atoms with E-state index < -0.39 is 22.9 Å². The Morgan fingerprint density at radius 2 is 1.70 bits per heavy atom. The first-order valence-corrected chi connectivity index (χ1v) is 19.8. The number of carbonyl (C=O) groups excluding carboxylic acids is 2. The first kappa shape index (κ1) is 38.1. The van der Waals surface area contributed by atoms with E-state index in [1.807, 2.05) is 6.07 Å². The molecule has 8 atom stereocenters. The zero-order valence-corrected chi connectivity index (χ0v) is 33.3. The normalized spacial score (nSPS) is 35.7. The maximum atomic E-state index is 14.1. The van der Waals surface area contributed by atoms with E-state index in [1.165, 1.54) is 18.0 Å². The van der Waals surface area contributed by atoms with Crippen LogP contribution in [0.4, 0.5) is 6.01 Å². The van der Waals surface area contributed by atoms with Gasteiger partial charge in [-0.2, -0.15) is 5.26 Å². The number of carbonyl (C=O) groups is 3. The second-order valence-electron chi connectivity index (χ2n) is 19.4. The molecule has 0 unspecified atom stereocenters. The minimum Gasteiger partial charge on any atom is -0.481 e. The molecule has 0 amide bonds. The molecule has 0 spiro atoms. The van der Waals surface area contributed by atoms with Gasteiger partial charge in [-0.05, 0) is 116 Å². The number of fused-ring (bicyclic) bond motifs is 7. The molecule has 0 bridgehead atoms. The van der Waals surface area contributed by atoms with Gasteiger partial charge in [0.05, 0.1) is 22.9 Å². The fourth-order valence-corrected chi connectivity index (χ4v) is 12.6. The number of nitrogens with one attached hydrogen (secondary N) is 1. The van der Waals surface area contributed by atoms with Crippen molar-refractivity contribution >= 4 is 23.7 Å². The number of aromatic nitrogens is 4. The van der Waals surface area contributed by atoms with Crippen LogP contribution in [0.1, 0.15) is 132 Å². The third-order valence-electron chi connectivity index (χ3n) is 15.6. The Hall–Kier alpha value is -4.14. The molecule has 54 heavy (non-hydrogen) atoms. The minimum atomic E-state index is -1.18. The van der Waals surface area contributed by atoms with Gasteiger partial charge >= 0.3 is 18.0 Å². The van der Waals surface area contributed by atoms with Crippen LogP contribution in [0.2, 0.25) is 0 Å². The number of ketones is 1. The van der Waals surface area contributed by atoms with Gasteiger partial charge in [0, 0.05) is 24.2 Å². The van der Waals surface area contributed by atoms with Crippen molar-refractivity contribution in [3.63, 3.8) is 0 Å². The Morgan fingerprint density at radius 1 is 1.00 bits per heavy atom. The number of ether oxygens (including phenoxy) is 1. The van der Waals surface area contributed by atoms with Gasteiger partial charge in [0.2, 0.25) is 5.82 Å². The fraction of sp³-hybridized carbons (Fsp3) is 0.714. The maximum Gasteiger partial charge on any atom is 0.316 e. The Bertz CT molecular complexity index is 1940. The lowest BCUT2D eigenvalue weighted by Gasteiger charge is -2.72. The van der Waals surface area contributed by atoms with Gasteiger partial charge in [-0.15, -0.1) is 5.10 Å². The summed E-state index contributed by atoms with van der Waals surface area (Å²) in [6.45, 7) is 19.4. The minimum absolute atomic E-state index is 0.0176. The predicted octanol–water partition coefficient (Wildman–Crippen LogP) is 7.96. The second-order valence-corrected chi connectivity index (χ2v) is 19.4. The molecular weight excluding hydrogens is 684 g/mol. The lowest BCUT2D eigenvalue weighted by atomic mass is 9.33. The number of anilines is 1. The molecule has 5 aliphatic carbocycles. The van der Waals surface area contributed by atoms with Crippen molar-refractivity contribution in [2.45, 2.75) is 138 Å². The van der Waals surface area contributed by atoms with Crippen LogP contribution in [0.5, 0.6) is 0 Å². The first-order chi connectivity index (χ1) is 25.2. The van der Waals surface area contributed by atoms with Crippen molar-refractivity contribution in [1.82, 2.24) is 20.2 Å². The van der Waals surface area contributed by atoms with Crippen LogP contribution >= 0.6 is 0 Å². The van der Waals surface area contributed by atoms with E-state index in [1.54, 1.807) is 13.8 Å². The third-order valence-corrected chi connectivity index (χ3v) is 15.6. The molecule has 0 aliphatic heterocycles. The largest absolute Gasteiger partial charge is 0.481 e. The number of hydrogen-bond acceptors (Lipinski definition) is 11. The highest BCUT2D eigenvalue weighted by molar-refractivity contribution is 6.02. The van der Waals surface area contributed by atoms with Crippen LogP contribution < -0.4 is 5.32 Å². The van der Waals surface area contributed by atoms with Crippen molar-refractivity contribution in [2.24, 2.45) is 50.7 Å². The molecule has 2 heterocycles. The number of nitriles is 1. The number of carboxylic acid groups (broad SMARTS) is 1. The summed E-state index contributed by atoms with van der Waals surface area (Å²) in [5, 5.41) is 30.9. The molecule has 2 N–H and O–H groups in total. The van der Waals surface area contributed by atoms with Gasteiger partial charge in [0.15, 0.2) is 5.78 Å². The highest BCUT2D eigenvalue weighted by atomic mass is 16.5. The van der Waals surface area contributed by atoms with Crippen LogP contribution in [-0.4, -0.2) is 54.6 Å². The summed E-state index contributed by atoms with van der Waals surface area (Å²) in [7, 11) is 0. The molecule has 0 saturated heterocycles. The number of allylic oxidation sites excluding steroid dienone is 1. The molecular formula is C42H56N6O6. The van der Waals surface area contributed by atoms with Gasteiger partial charge in [0.25, 0.3) is 5.89 Å². The van der Waals surface area contributed by atoms with E-state index in [-0.39, 0.29) is 69.5 Å². The van der Waals surface area contributed by atoms with Crippen LogP contribution in [0.15, 0.2) is 28.0 Å². The zero-order chi connectivity index (χ0) is 39.2. The Balaban J connectivity index is 1.17. The zero-order valence-electron chi connectivity index (χ0n) is 33.3. The van der Waals surface area contributed by atoms with Crippen LogP contribution in [0.25, 0.3) is 11.7 Å². The van der Waals surface area contributed by atoms with Gasteiger partial charge in [-0.3, -0.25) is 14.4 Å². The smallest absolute Gasteiger partial charge is 0.316 e. The summed E-state index contributed by atoms with van der Waals surface area (Å²) in [5.41, 5.74) is 0.450. The lowest BCUT2D eigenvalue weighted by Crippen LogP contribution is -2.66. The monoisotopic (exact) mass is 740 g/mol. The maximum absolute atomic E-state index is 14.1. The summed E-state index contributed by atoms with van der Waals surface area (Å²) in [6, 6.07) is 2.25. The lowest BCUT2D eigenvalue weighted by molar-refractivity contribution is -0.231. The molecule has 5 aliphatic rings. The van der Waals surface area contributed by atoms with E-state index in [0.717, 1.165) is 56.9 Å². The molecule has 7 rings (SSSR count). The van der Waals surface area contributed by atoms with Crippen LogP contribution in [-0.2, 0) is 19.1 Å². The summed E-state index contributed by atoms with van der Waals surface area (Å²) in [4.78, 5) is 47.3. The van der Waals surface area contributed by atoms with Crippen LogP contribution in [0.3, 0.4) is 0 Å². The van der Waals surface area contributed by atoms with Crippen molar-refractivity contribution in [1.29, 1.82) is 5.26 Å². The highest BCUT2D eigenvalue weighted by Crippen LogP contribution is 2.76. The van der Waals surface area contributed by atoms with Gasteiger partial charge in [0.1, 0.15) is 12.2 Å². The Kier molecular flexibility index (Phi) is 8.97. The van der Waals surface area contributed by atoms with Crippen molar-refractivity contribution in [3.05, 3.63) is 29.1 Å². The van der Waals surface area contributed by atoms with E-state index in [4.69, 9.17) is 14.4 Å². The number of aliphatic carboxylic acids is 1. The third kappa shape index (κ3) is 5.61. The Labute approximate surface area is 318 Å². The molecule has 4 saturated carbocycles. The number of hydrogen-bond donors (Lipinski definition) is 2. The number of carboxylic acids is 1. The van der Waals surface area contributed by atoms with Gasteiger partial charge in [-0.25, -0.2) is 9.97 Å². The SMILES string of the molecule is CC(C)C1=C2[C@H]3CC[C@@H]4[C@@]5(C)CC[C@H](OC(=O)CC(C)(C)C(=O)O)C(C)(C)[C@@H]5CC[C@@]4(C)[C@]3(C)CC[C@@]2(Nc2nnc(-c3ncc(C#N)cn3)o2)CC1=O. The second kappa shape index (κ2) is 12.7. The molecule has 12 heteroatoms. The molecule has 0 aromatic carbocycles.